The van der Waals surface area contributed by atoms with Gasteiger partial charge >= 0.3 is 6.18 Å². The Morgan fingerprint density at radius 3 is 2.53 bits per heavy atom. The fraction of sp³-hybridized carbons (Fsp3) is 0.500. The van der Waals surface area contributed by atoms with E-state index in [1.54, 1.807) is 14.5 Å². The molecule has 0 saturated carbocycles. The van der Waals surface area contributed by atoms with Gasteiger partial charge in [-0.15, -0.1) is 0 Å². The van der Waals surface area contributed by atoms with Crippen LogP contribution in [0.15, 0.2) is 29.6 Å². The topological polar surface area (TPSA) is 122 Å². The van der Waals surface area contributed by atoms with Crippen LogP contribution >= 0.6 is 0 Å². The summed E-state index contributed by atoms with van der Waals surface area (Å²) >= 11 is 0. The molecule has 3 aromatic rings. The highest BCUT2D eigenvalue weighted by Gasteiger charge is 2.32. The first-order valence-electron chi connectivity index (χ1n) is 10.6. The number of alkyl halides is 3. The number of aromatic amines is 1. The van der Waals surface area contributed by atoms with Gasteiger partial charge in [0.15, 0.2) is 0 Å². The molecule has 1 aliphatic heterocycles. The van der Waals surface area contributed by atoms with Gasteiger partial charge in [-0.05, 0) is 6.92 Å². The van der Waals surface area contributed by atoms with E-state index in [9.17, 15) is 22.8 Å². The Morgan fingerprint density at radius 1 is 1.15 bits per heavy atom. The molecule has 1 amide bonds. The predicted octanol–water partition coefficient (Wildman–Crippen LogP) is 1.24. The smallest absolute Gasteiger partial charge is 0.379 e. The zero-order valence-electron chi connectivity index (χ0n) is 18.3. The summed E-state index contributed by atoms with van der Waals surface area (Å²) in [5.41, 5.74) is -0.608. The normalized spacial score (nSPS) is 15.6. The first-order chi connectivity index (χ1) is 16.2. The van der Waals surface area contributed by atoms with Crippen LogP contribution in [-0.2, 0) is 15.7 Å². The molecule has 0 spiro atoms. The fourth-order valence-electron chi connectivity index (χ4n) is 3.67. The number of fused-ring (bicyclic) bond motifs is 1. The van der Waals surface area contributed by atoms with Crippen molar-refractivity contribution in [2.24, 2.45) is 0 Å². The van der Waals surface area contributed by atoms with E-state index in [4.69, 9.17) is 4.74 Å². The van der Waals surface area contributed by atoms with Gasteiger partial charge in [0.05, 0.1) is 54.5 Å². The van der Waals surface area contributed by atoms with Crippen molar-refractivity contribution < 1.29 is 22.7 Å². The van der Waals surface area contributed by atoms with Crippen molar-refractivity contribution in [3.63, 3.8) is 0 Å². The Bertz CT molecular complexity index is 1190. The molecule has 0 aliphatic carbocycles. The quantitative estimate of drug-likeness (QED) is 0.502. The van der Waals surface area contributed by atoms with E-state index in [0.717, 1.165) is 12.4 Å². The van der Waals surface area contributed by atoms with Crippen LogP contribution in [0.25, 0.3) is 10.9 Å². The van der Waals surface area contributed by atoms with Gasteiger partial charge in [-0.2, -0.15) is 23.4 Å². The van der Waals surface area contributed by atoms with Gasteiger partial charge < -0.3 is 14.5 Å². The van der Waals surface area contributed by atoms with Gasteiger partial charge in [0.2, 0.25) is 11.9 Å². The molecule has 182 valence electrons. The van der Waals surface area contributed by atoms with Gasteiger partial charge in [0.25, 0.3) is 5.56 Å². The maximum absolute atomic E-state index is 12.7. The summed E-state index contributed by atoms with van der Waals surface area (Å²) in [5.74, 6) is 0.140. The number of nitrogens with one attached hydrogen (secondary N) is 1. The Balaban J connectivity index is 1.20. The third kappa shape index (κ3) is 5.16. The number of carbonyl (C=O) groups is 1. The number of rotatable bonds is 7. The molecule has 1 atom stereocenters. The van der Waals surface area contributed by atoms with Crippen molar-refractivity contribution in [1.82, 2.24) is 34.8 Å². The first-order valence-corrected chi connectivity index (χ1v) is 10.6. The van der Waals surface area contributed by atoms with E-state index in [-0.39, 0.29) is 36.5 Å². The van der Waals surface area contributed by atoms with E-state index in [1.807, 2.05) is 6.92 Å². The fourth-order valence-corrected chi connectivity index (χ4v) is 3.67. The second kappa shape index (κ2) is 9.75. The summed E-state index contributed by atoms with van der Waals surface area (Å²) < 4.78 is 45.3. The monoisotopic (exact) mass is 480 g/mol. The molecule has 1 saturated heterocycles. The van der Waals surface area contributed by atoms with E-state index >= 15 is 0 Å². The second-order valence-corrected chi connectivity index (χ2v) is 7.90. The van der Waals surface area contributed by atoms with Crippen molar-refractivity contribution in [2.75, 3.05) is 44.3 Å². The SMILES string of the molecule is CC(COCCC(=O)N1CCN(c2ncc(C(F)(F)F)cn2)CC1)n1ncc2c(=O)[nH]ncc21. The number of hydrogen-bond acceptors (Lipinski definition) is 8. The summed E-state index contributed by atoms with van der Waals surface area (Å²) in [5, 5.41) is 10.8. The molecule has 1 unspecified atom stereocenters. The van der Waals surface area contributed by atoms with Crippen LogP contribution in [0.1, 0.15) is 24.9 Å². The number of piperazine rings is 1. The van der Waals surface area contributed by atoms with Crippen LogP contribution in [-0.4, -0.2) is 80.1 Å². The maximum Gasteiger partial charge on any atom is 0.419 e. The zero-order chi connectivity index (χ0) is 24.3. The van der Waals surface area contributed by atoms with Gasteiger partial charge in [0.1, 0.15) is 0 Å². The lowest BCUT2D eigenvalue weighted by Gasteiger charge is -2.34. The highest BCUT2D eigenvalue weighted by Crippen LogP contribution is 2.28. The number of nitrogens with zero attached hydrogens (tertiary/aromatic N) is 7. The number of carbonyl (C=O) groups excluding carboxylic acids is 1. The lowest BCUT2D eigenvalue weighted by molar-refractivity contribution is -0.138. The molecule has 4 heterocycles. The van der Waals surface area contributed by atoms with Crippen LogP contribution in [0.3, 0.4) is 0 Å². The third-order valence-electron chi connectivity index (χ3n) is 5.55. The van der Waals surface area contributed by atoms with Crippen LogP contribution in [0.5, 0.6) is 0 Å². The molecule has 14 heteroatoms. The molecule has 0 radical (unpaired) electrons. The van der Waals surface area contributed by atoms with Crippen molar-refractivity contribution in [1.29, 1.82) is 0 Å². The minimum atomic E-state index is -4.48. The van der Waals surface area contributed by atoms with E-state index in [2.05, 4.69) is 25.3 Å². The number of aromatic nitrogens is 6. The largest absolute Gasteiger partial charge is 0.419 e. The molecule has 1 N–H and O–H groups in total. The summed E-state index contributed by atoms with van der Waals surface area (Å²) in [6.45, 7) is 4.10. The predicted molar refractivity (Wildman–Crippen MR) is 114 cm³/mol. The molecule has 1 fully saturated rings. The number of anilines is 1. The lowest BCUT2D eigenvalue weighted by atomic mass is 10.3. The number of ether oxygens (including phenoxy) is 1. The Kier molecular flexibility index (Phi) is 6.77. The van der Waals surface area contributed by atoms with Gasteiger partial charge in [-0.1, -0.05) is 0 Å². The van der Waals surface area contributed by atoms with E-state index < -0.39 is 11.7 Å². The molecular weight excluding hydrogens is 457 g/mol. The Morgan fingerprint density at radius 2 is 1.85 bits per heavy atom. The van der Waals surface area contributed by atoms with E-state index in [0.29, 0.717) is 43.7 Å². The van der Waals surface area contributed by atoms with Crippen LogP contribution in [0, 0.1) is 0 Å². The van der Waals surface area contributed by atoms with Gasteiger partial charge in [-0.25, -0.2) is 15.1 Å². The number of H-pyrrole nitrogens is 1. The third-order valence-corrected chi connectivity index (χ3v) is 5.55. The maximum atomic E-state index is 12.7. The summed E-state index contributed by atoms with van der Waals surface area (Å²) in [6.07, 6.45) is 0.249. The summed E-state index contributed by atoms with van der Waals surface area (Å²) in [6, 6.07) is -0.163. The molecule has 3 aromatic heterocycles. The average molecular weight is 480 g/mol. The molecule has 4 rings (SSSR count). The number of hydrogen-bond donors (Lipinski definition) is 1. The molecule has 11 nitrogen and oxygen atoms in total. The van der Waals surface area contributed by atoms with Crippen LogP contribution in [0.2, 0.25) is 0 Å². The number of halogens is 3. The first kappa shape index (κ1) is 23.6. The molecule has 0 bridgehead atoms. The second-order valence-electron chi connectivity index (χ2n) is 7.90. The van der Waals surface area contributed by atoms with Crippen LogP contribution in [0.4, 0.5) is 19.1 Å². The Labute approximate surface area is 191 Å². The molecule has 0 aromatic carbocycles. The van der Waals surface area contributed by atoms with Crippen molar-refractivity contribution in [3.8, 4) is 0 Å². The minimum Gasteiger partial charge on any atom is -0.379 e. The zero-order valence-corrected chi connectivity index (χ0v) is 18.3. The number of amides is 1. The molecule has 34 heavy (non-hydrogen) atoms. The Hall–Kier alpha value is -3.55. The highest BCUT2D eigenvalue weighted by atomic mass is 19.4. The molecular formula is C20H23F3N8O3. The minimum absolute atomic E-state index is 0.0686. The van der Waals surface area contributed by atoms with Gasteiger partial charge in [-0.3, -0.25) is 14.3 Å². The van der Waals surface area contributed by atoms with Crippen LogP contribution < -0.4 is 10.5 Å². The highest BCUT2D eigenvalue weighted by molar-refractivity contribution is 5.77. The van der Waals surface area contributed by atoms with Crippen molar-refractivity contribution >= 4 is 22.8 Å². The summed E-state index contributed by atoms with van der Waals surface area (Å²) in [7, 11) is 0. The average Bonchev–Trinajstić information content (AvgIpc) is 3.27. The molecule has 1 aliphatic rings. The lowest BCUT2D eigenvalue weighted by Crippen LogP contribution is -2.49. The van der Waals surface area contributed by atoms with Gasteiger partial charge in [0, 0.05) is 38.6 Å². The summed E-state index contributed by atoms with van der Waals surface area (Å²) in [4.78, 5) is 35.3. The van der Waals surface area contributed by atoms with Crippen molar-refractivity contribution in [3.05, 3.63) is 40.7 Å². The standard InChI is InChI=1S/C20H23F3N8O3/c1-13(31-16-11-26-28-18(33)15(16)10-27-31)12-34-7-2-17(32)29-3-5-30(6-4-29)19-24-8-14(9-25-19)20(21,22)23/h8-11,13H,2-7,12H2,1H3,(H,28,33). The van der Waals surface area contributed by atoms with Crippen molar-refractivity contribution in [2.45, 2.75) is 25.6 Å². The van der Waals surface area contributed by atoms with E-state index in [1.165, 1.54) is 12.4 Å².